The Kier molecular flexibility index (Phi) is 10.1. The summed E-state index contributed by atoms with van der Waals surface area (Å²) in [6, 6.07) is -0.0250. The molecule has 7 rings (SSSR count). The lowest BCUT2D eigenvalue weighted by Gasteiger charge is -2.71. The van der Waals surface area contributed by atoms with Crippen LogP contribution < -0.4 is 10.6 Å². The van der Waals surface area contributed by atoms with Gasteiger partial charge in [0, 0.05) is 22.4 Å². The monoisotopic (exact) mass is 750 g/mol. The number of rotatable bonds is 12. The van der Waals surface area contributed by atoms with Crippen LogP contribution in [0.5, 0.6) is 0 Å². The number of fused-ring (bicyclic) bond motifs is 3. The van der Waals surface area contributed by atoms with Crippen molar-refractivity contribution in [2.24, 2.45) is 62.6 Å². The van der Waals surface area contributed by atoms with E-state index in [1.54, 1.807) is 0 Å². The standard InChI is InChI=1S/C44H71N5O5/c1-12-46-43(11,27(4)5)23-54-35-32(49-36(45-25-47-49)37(50)48-29-13-14-29)21-44-24-53-22-40(35,8)33(44)16-15-30-31(44)17-18-42(10)34(38(51)52)39(7,28(6)26(2)3)19-20-41(30,42)9/h17,25-30,32-35,46H,12-16,18-24H2,1-11H3,(H,48,50)(H,51,52)/t28-,30+,32-,33+,34-,35+,39-,40-,41-,42+,43+,44+/m1/s1. The second-order valence-electron chi connectivity index (χ2n) is 20.7. The van der Waals surface area contributed by atoms with Gasteiger partial charge in [0.15, 0.2) is 0 Å². The Morgan fingerprint density at radius 2 is 1.78 bits per heavy atom. The van der Waals surface area contributed by atoms with E-state index < -0.39 is 17.3 Å². The summed E-state index contributed by atoms with van der Waals surface area (Å²) in [7, 11) is 0. The van der Waals surface area contributed by atoms with Crippen LogP contribution in [0, 0.1) is 62.6 Å². The zero-order valence-electron chi connectivity index (χ0n) is 35.3. The highest BCUT2D eigenvalue weighted by Crippen LogP contribution is 2.75. The van der Waals surface area contributed by atoms with Crippen LogP contribution in [0.3, 0.4) is 0 Å². The third-order valence-electron chi connectivity index (χ3n) is 17.5. The third kappa shape index (κ3) is 5.79. The molecule has 0 spiro atoms. The number of hydrogen-bond acceptors (Lipinski definition) is 7. The molecule has 1 aliphatic heterocycles. The fourth-order valence-corrected chi connectivity index (χ4v) is 13.3. The lowest BCUT2D eigenvalue weighted by Crippen LogP contribution is -2.69. The molecule has 2 heterocycles. The molecule has 6 aliphatic rings. The fraction of sp³-hybridized carbons (Fsp3) is 0.864. The summed E-state index contributed by atoms with van der Waals surface area (Å²) in [5.74, 6) is 0.732. The van der Waals surface area contributed by atoms with Gasteiger partial charge in [-0.05, 0) is 111 Å². The smallest absolute Gasteiger partial charge is 0.307 e. The number of carbonyl (C=O) groups excluding carboxylic acids is 1. The number of aromatic nitrogens is 3. The van der Waals surface area contributed by atoms with Crippen molar-refractivity contribution in [1.29, 1.82) is 0 Å². The van der Waals surface area contributed by atoms with E-state index in [0.29, 0.717) is 49.3 Å². The zero-order valence-corrected chi connectivity index (χ0v) is 35.3. The summed E-state index contributed by atoms with van der Waals surface area (Å²) in [6.45, 7) is 27.7. The van der Waals surface area contributed by atoms with Gasteiger partial charge in [-0.2, -0.15) is 5.10 Å². The molecule has 5 aliphatic carbocycles. The maximum Gasteiger partial charge on any atom is 0.307 e. The molecule has 3 N–H and O–H groups in total. The Bertz CT molecular complexity index is 1640. The highest BCUT2D eigenvalue weighted by Gasteiger charge is 2.72. The average molecular weight is 750 g/mol. The topological polar surface area (TPSA) is 128 Å². The van der Waals surface area contributed by atoms with E-state index in [1.165, 1.54) is 11.9 Å². The van der Waals surface area contributed by atoms with Crippen molar-refractivity contribution in [2.45, 2.75) is 151 Å². The summed E-state index contributed by atoms with van der Waals surface area (Å²) in [6.07, 6.45) is 11.3. The van der Waals surface area contributed by atoms with E-state index in [1.807, 2.05) is 4.68 Å². The van der Waals surface area contributed by atoms with Crippen molar-refractivity contribution in [2.75, 3.05) is 26.4 Å². The normalized spacial score (nSPS) is 41.9. The van der Waals surface area contributed by atoms with Crippen molar-refractivity contribution in [1.82, 2.24) is 25.4 Å². The molecule has 4 saturated carbocycles. The van der Waals surface area contributed by atoms with Crippen molar-refractivity contribution in [3.05, 3.63) is 23.8 Å². The Balaban J connectivity index is 1.33. The molecule has 10 heteroatoms. The van der Waals surface area contributed by atoms with Gasteiger partial charge in [0.2, 0.25) is 5.82 Å². The van der Waals surface area contributed by atoms with Crippen molar-refractivity contribution < 1.29 is 24.2 Å². The number of likely N-dealkylation sites (N-methyl/N-ethyl adjacent to an activating group) is 1. The summed E-state index contributed by atoms with van der Waals surface area (Å²) < 4.78 is 16.0. The van der Waals surface area contributed by atoms with Crippen LogP contribution >= 0.6 is 0 Å². The number of aliphatic carboxylic acids is 1. The third-order valence-corrected chi connectivity index (χ3v) is 17.5. The molecule has 10 nitrogen and oxygen atoms in total. The van der Waals surface area contributed by atoms with E-state index in [9.17, 15) is 14.7 Å². The molecule has 5 fully saturated rings. The van der Waals surface area contributed by atoms with Crippen LogP contribution in [0.15, 0.2) is 18.0 Å². The summed E-state index contributed by atoms with van der Waals surface area (Å²) in [5.41, 5.74) is -0.255. The molecule has 0 unspecified atom stereocenters. The molecule has 0 aromatic carbocycles. The number of hydrogen-bond donors (Lipinski definition) is 3. The molecule has 12 atom stereocenters. The number of carbonyl (C=O) groups is 2. The predicted octanol–water partition coefficient (Wildman–Crippen LogP) is 7.71. The van der Waals surface area contributed by atoms with Gasteiger partial charge < -0.3 is 25.2 Å². The first-order valence-electron chi connectivity index (χ1n) is 21.4. The molecule has 302 valence electrons. The summed E-state index contributed by atoms with van der Waals surface area (Å²) in [4.78, 5) is 31.9. The Labute approximate surface area is 324 Å². The maximum absolute atomic E-state index is 13.7. The Morgan fingerprint density at radius 3 is 2.41 bits per heavy atom. The molecule has 1 amide bonds. The Hall–Kier alpha value is -2.30. The maximum atomic E-state index is 13.7. The number of ether oxygens (including phenoxy) is 2. The van der Waals surface area contributed by atoms with Crippen molar-refractivity contribution in [3.63, 3.8) is 0 Å². The first-order chi connectivity index (χ1) is 25.3. The fourth-order valence-electron chi connectivity index (χ4n) is 13.3. The second kappa shape index (κ2) is 13.7. The van der Waals surface area contributed by atoms with Gasteiger partial charge in [0.1, 0.15) is 6.33 Å². The SMILES string of the molecule is CCN[C@@](C)(CO[C@H]1[C@H](n2ncnc2C(=O)NC2CC2)C[C@@]23COC[C@]1(C)[C@@H]2CC[C@H]1C3=CC[C@@]2(C)[C@H](C(=O)O)[C@@](C)([C@H](C)C(C)C)CC[C@]12C)C(C)C. The van der Waals surface area contributed by atoms with E-state index >= 15 is 0 Å². The van der Waals surface area contributed by atoms with E-state index in [0.717, 1.165) is 57.9 Å². The van der Waals surface area contributed by atoms with Gasteiger partial charge in [-0.15, -0.1) is 0 Å². The first-order valence-corrected chi connectivity index (χ1v) is 21.4. The van der Waals surface area contributed by atoms with Crippen LogP contribution in [0.2, 0.25) is 0 Å². The second-order valence-corrected chi connectivity index (χ2v) is 20.7. The zero-order chi connectivity index (χ0) is 39.2. The highest BCUT2D eigenvalue weighted by atomic mass is 16.5. The van der Waals surface area contributed by atoms with Crippen LogP contribution in [0.25, 0.3) is 0 Å². The average Bonchev–Trinajstić information content (AvgIpc) is 3.78. The molecule has 2 bridgehead atoms. The quantitative estimate of drug-likeness (QED) is 0.186. The number of nitrogens with one attached hydrogen (secondary N) is 2. The van der Waals surface area contributed by atoms with Gasteiger partial charge in [0.25, 0.3) is 5.91 Å². The van der Waals surface area contributed by atoms with Crippen molar-refractivity contribution in [3.8, 4) is 0 Å². The minimum Gasteiger partial charge on any atom is -0.481 e. The minimum atomic E-state index is -0.637. The molecular weight excluding hydrogens is 679 g/mol. The molecule has 54 heavy (non-hydrogen) atoms. The molecule has 1 saturated heterocycles. The van der Waals surface area contributed by atoms with Gasteiger partial charge >= 0.3 is 5.97 Å². The minimum absolute atomic E-state index is 0.165. The number of nitrogens with zero attached hydrogens (tertiary/aromatic N) is 3. The van der Waals surface area contributed by atoms with Gasteiger partial charge in [-0.3, -0.25) is 9.59 Å². The summed E-state index contributed by atoms with van der Waals surface area (Å²) >= 11 is 0. The molecule has 1 aromatic heterocycles. The number of carboxylic acid groups (broad SMARTS) is 1. The largest absolute Gasteiger partial charge is 0.481 e. The summed E-state index contributed by atoms with van der Waals surface area (Å²) in [5, 5.41) is 22.9. The van der Waals surface area contributed by atoms with Crippen LogP contribution in [0.1, 0.15) is 144 Å². The highest BCUT2D eigenvalue weighted by molar-refractivity contribution is 5.91. The lowest BCUT2D eigenvalue weighted by atomic mass is 9.34. The molecule has 0 radical (unpaired) electrons. The van der Waals surface area contributed by atoms with E-state index in [-0.39, 0.29) is 57.2 Å². The van der Waals surface area contributed by atoms with Gasteiger partial charge in [0.05, 0.1) is 37.9 Å². The van der Waals surface area contributed by atoms with Gasteiger partial charge in [-0.1, -0.05) is 80.9 Å². The number of allylic oxidation sites excluding steroid dienone is 1. The van der Waals surface area contributed by atoms with Gasteiger partial charge in [-0.25, -0.2) is 9.67 Å². The van der Waals surface area contributed by atoms with E-state index in [2.05, 4.69) is 97.9 Å². The van der Waals surface area contributed by atoms with E-state index in [4.69, 9.17) is 14.6 Å². The number of carboxylic acids is 1. The Morgan fingerprint density at radius 1 is 1.06 bits per heavy atom. The predicted molar refractivity (Wildman–Crippen MR) is 210 cm³/mol. The van der Waals surface area contributed by atoms with Crippen LogP contribution in [0.4, 0.5) is 0 Å². The van der Waals surface area contributed by atoms with Crippen LogP contribution in [-0.4, -0.2) is 75.8 Å². The molecular formula is C44H71N5O5. The number of amides is 1. The first kappa shape index (κ1) is 39.9. The van der Waals surface area contributed by atoms with Crippen LogP contribution in [-0.2, 0) is 14.3 Å². The molecule has 1 aromatic rings. The van der Waals surface area contributed by atoms with Crippen molar-refractivity contribution >= 4 is 11.9 Å². The lowest BCUT2D eigenvalue weighted by molar-refractivity contribution is -0.253.